The van der Waals surface area contributed by atoms with Gasteiger partial charge in [0.1, 0.15) is 0 Å². The number of carbonyl (C=O) groups is 1. The van der Waals surface area contributed by atoms with E-state index in [1.165, 1.54) is 38.6 Å². The van der Waals surface area contributed by atoms with Crippen molar-refractivity contribution in [2.75, 3.05) is 14.1 Å². The van der Waals surface area contributed by atoms with Crippen molar-refractivity contribution in [3.63, 3.8) is 0 Å². The molecule has 0 aliphatic carbocycles. The van der Waals surface area contributed by atoms with Crippen molar-refractivity contribution < 1.29 is 18.3 Å². The zero-order chi connectivity index (χ0) is 15.6. The van der Waals surface area contributed by atoms with Crippen LogP contribution in [0, 0.1) is 0 Å². The van der Waals surface area contributed by atoms with Crippen LogP contribution in [-0.4, -0.2) is 42.9 Å². The summed E-state index contributed by atoms with van der Waals surface area (Å²) in [5, 5.41) is 9.01. The number of carboxylic acids is 1. The smallest absolute Gasteiger partial charge is 0.337 e. The van der Waals surface area contributed by atoms with Gasteiger partial charge in [0.25, 0.3) is 0 Å². The molecule has 0 aliphatic rings. The first-order valence-corrected chi connectivity index (χ1v) is 7.48. The number of hydrogen-bond donors (Lipinski definition) is 1. The highest BCUT2D eigenvalue weighted by atomic mass is 32.2. The van der Waals surface area contributed by atoms with E-state index in [4.69, 9.17) is 5.11 Å². The zero-order valence-corrected chi connectivity index (χ0v) is 12.3. The molecule has 7 heteroatoms. The van der Waals surface area contributed by atoms with Crippen molar-refractivity contribution in [2.45, 2.75) is 4.90 Å². The molecule has 21 heavy (non-hydrogen) atoms. The van der Waals surface area contributed by atoms with Crippen molar-refractivity contribution in [1.82, 2.24) is 9.29 Å². The van der Waals surface area contributed by atoms with E-state index < -0.39 is 16.0 Å². The summed E-state index contributed by atoms with van der Waals surface area (Å²) in [5.74, 6) is -1.11. The number of carboxylic acid groups (broad SMARTS) is 1. The summed E-state index contributed by atoms with van der Waals surface area (Å²) in [7, 11) is -0.746. The predicted molar refractivity (Wildman–Crippen MR) is 77.5 cm³/mol. The van der Waals surface area contributed by atoms with Gasteiger partial charge in [-0.15, -0.1) is 0 Å². The maximum atomic E-state index is 12.3. The van der Waals surface area contributed by atoms with Crippen molar-refractivity contribution in [3.8, 4) is 11.1 Å². The van der Waals surface area contributed by atoms with Gasteiger partial charge in [0, 0.05) is 37.6 Å². The number of rotatable bonds is 4. The van der Waals surface area contributed by atoms with E-state index in [9.17, 15) is 13.2 Å². The van der Waals surface area contributed by atoms with Crippen LogP contribution in [-0.2, 0) is 10.0 Å². The number of benzene rings is 1. The number of nitrogens with zero attached hydrogens (tertiary/aromatic N) is 2. The summed E-state index contributed by atoms with van der Waals surface area (Å²) >= 11 is 0. The molecule has 6 nitrogen and oxygen atoms in total. The Kier molecular flexibility index (Phi) is 4.06. The minimum Gasteiger partial charge on any atom is -0.478 e. The van der Waals surface area contributed by atoms with Crippen LogP contribution in [0.1, 0.15) is 10.4 Å². The second kappa shape index (κ2) is 5.63. The van der Waals surface area contributed by atoms with Crippen LogP contribution in [0.15, 0.2) is 47.6 Å². The Morgan fingerprint density at radius 3 is 2.48 bits per heavy atom. The molecule has 0 amide bonds. The first kappa shape index (κ1) is 15.1. The highest BCUT2D eigenvalue weighted by Gasteiger charge is 2.21. The van der Waals surface area contributed by atoms with Crippen LogP contribution in [0.4, 0.5) is 0 Å². The third kappa shape index (κ3) is 2.93. The number of aromatic carboxylic acids is 1. The van der Waals surface area contributed by atoms with Crippen molar-refractivity contribution in [3.05, 3.63) is 48.3 Å². The van der Waals surface area contributed by atoms with Gasteiger partial charge >= 0.3 is 5.97 Å². The second-order valence-electron chi connectivity index (χ2n) is 4.55. The van der Waals surface area contributed by atoms with E-state index >= 15 is 0 Å². The number of aromatic nitrogens is 1. The van der Waals surface area contributed by atoms with Crippen molar-refractivity contribution in [2.24, 2.45) is 0 Å². The van der Waals surface area contributed by atoms with Crippen LogP contribution in [0.2, 0.25) is 0 Å². The lowest BCUT2D eigenvalue weighted by molar-refractivity contribution is 0.0696. The summed E-state index contributed by atoms with van der Waals surface area (Å²) in [4.78, 5) is 15.0. The molecule has 0 saturated heterocycles. The monoisotopic (exact) mass is 306 g/mol. The number of hydrogen-bond acceptors (Lipinski definition) is 4. The third-order valence-electron chi connectivity index (χ3n) is 2.94. The van der Waals surface area contributed by atoms with Gasteiger partial charge in [0.2, 0.25) is 10.0 Å². The molecule has 2 aromatic rings. The lowest BCUT2D eigenvalue weighted by Crippen LogP contribution is -2.22. The molecule has 0 radical (unpaired) electrons. The van der Waals surface area contributed by atoms with E-state index in [0.717, 1.165) is 4.31 Å². The second-order valence-corrected chi connectivity index (χ2v) is 6.67. The van der Waals surface area contributed by atoms with Gasteiger partial charge in [0.05, 0.1) is 10.5 Å². The molecule has 0 saturated carbocycles. The molecule has 1 aromatic carbocycles. The fraction of sp³-hybridized carbons (Fsp3) is 0.143. The minimum atomic E-state index is -3.63. The Bertz CT molecular complexity index is 785. The van der Waals surface area contributed by atoms with Crippen LogP contribution >= 0.6 is 0 Å². The summed E-state index contributed by atoms with van der Waals surface area (Å²) in [6.07, 6.45) is 2.66. The van der Waals surface area contributed by atoms with Crippen LogP contribution < -0.4 is 0 Å². The molecule has 1 N–H and O–H groups in total. The maximum Gasteiger partial charge on any atom is 0.337 e. The summed E-state index contributed by atoms with van der Waals surface area (Å²) in [6.45, 7) is 0. The van der Waals surface area contributed by atoms with Gasteiger partial charge in [0.15, 0.2) is 0 Å². The molecule has 2 rings (SSSR count). The van der Waals surface area contributed by atoms with Gasteiger partial charge in [-0.3, -0.25) is 4.98 Å². The Labute approximate surface area is 122 Å². The van der Waals surface area contributed by atoms with Gasteiger partial charge in [-0.2, -0.15) is 0 Å². The normalized spacial score (nSPS) is 11.6. The highest BCUT2D eigenvalue weighted by Crippen LogP contribution is 2.28. The Hall–Kier alpha value is -2.25. The molecule has 0 fully saturated rings. The van der Waals surface area contributed by atoms with E-state index in [1.54, 1.807) is 18.2 Å². The van der Waals surface area contributed by atoms with E-state index in [1.807, 2.05) is 0 Å². The Morgan fingerprint density at radius 1 is 1.19 bits per heavy atom. The van der Waals surface area contributed by atoms with Crippen LogP contribution in [0.25, 0.3) is 11.1 Å². The fourth-order valence-electron chi connectivity index (χ4n) is 1.83. The predicted octanol–water partition coefficient (Wildman–Crippen LogP) is 1.70. The van der Waals surface area contributed by atoms with Gasteiger partial charge in [-0.1, -0.05) is 18.2 Å². The topological polar surface area (TPSA) is 87.6 Å². The lowest BCUT2D eigenvalue weighted by Gasteiger charge is -2.15. The van der Waals surface area contributed by atoms with E-state index in [2.05, 4.69) is 4.98 Å². The molecule has 1 heterocycles. The molecular weight excluding hydrogens is 292 g/mol. The van der Waals surface area contributed by atoms with Crippen LogP contribution in [0.5, 0.6) is 0 Å². The van der Waals surface area contributed by atoms with E-state index in [-0.39, 0.29) is 10.5 Å². The number of sulfonamides is 1. The van der Waals surface area contributed by atoms with Gasteiger partial charge in [-0.25, -0.2) is 17.5 Å². The quantitative estimate of drug-likeness (QED) is 0.929. The summed E-state index contributed by atoms with van der Waals surface area (Å²) in [6, 6.07) is 7.82. The molecule has 110 valence electrons. The van der Waals surface area contributed by atoms with Crippen LogP contribution in [0.3, 0.4) is 0 Å². The molecule has 0 spiro atoms. The van der Waals surface area contributed by atoms with Gasteiger partial charge in [-0.05, 0) is 12.1 Å². The maximum absolute atomic E-state index is 12.3. The largest absolute Gasteiger partial charge is 0.478 e. The molecule has 0 atom stereocenters. The molecule has 0 bridgehead atoms. The first-order valence-electron chi connectivity index (χ1n) is 6.04. The first-order chi connectivity index (χ1) is 9.84. The Morgan fingerprint density at radius 2 is 1.86 bits per heavy atom. The molecule has 1 aromatic heterocycles. The van der Waals surface area contributed by atoms with Crippen molar-refractivity contribution >= 4 is 16.0 Å². The average Bonchev–Trinajstić information content (AvgIpc) is 2.47. The van der Waals surface area contributed by atoms with Crippen molar-refractivity contribution in [1.29, 1.82) is 0 Å². The minimum absolute atomic E-state index is 0.00422. The fourth-order valence-corrected chi connectivity index (χ4v) is 2.94. The zero-order valence-electron chi connectivity index (χ0n) is 11.5. The molecule has 0 unspecified atom stereocenters. The Balaban J connectivity index is 2.66. The number of pyridine rings is 1. The van der Waals surface area contributed by atoms with E-state index in [0.29, 0.717) is 11.1 Å². The highest BCUT2D eigenvalue weighted by molar-refractivity contribution is 7.89. The summed E-state index contributed by atoms with van der Waals surface area (Å²) in [5.41, 5.74) is 0.863. The standard InChI is InChI=1S/C14H14N2O4S/c1-16(2)21(19,20)13-6-4-3-5-12(13)10-7-11(14(17)18)9-15-8-10/h3-9H,1-2H3,(H,17,18). The SMILES string of the molecule is CN(C)S(=O)(=O)c1ccccc1-c1cncc(C(=O)O)c1. The van der Waals surface area contributed by atoms with Gasteiger partial charge < -0.3 is 5.11 Å². The average molecular weight is 306 g/mol. The molecular formula is C14H14N2O4S. The third-order valence-corrected chi connectivity index (χ3v) is 4.82. The lowest BCUT2D eigenvalue weighted by atomic mass is 10.1. The summed E-state index contributed by atoms with van der Waals surface area (Å²) < 4.78 is 25.8. The molecule has 0 aliphatic heterocycles.